The van der Waals surface area contributed by atoms with Gasteiger partial charge in [-0.15, -0.1) is 11.3 Å². The first-order chi connectivity index (χ1) is 15.6. The van der Waals surface area contributed by atoms with Gasteiger partial charge in [-0.1, -0.05) is 11.6 Å². The molecule has 0 spiro atoms. The van der Waals surface area contributed by atoms with Crippen LogP contribution in [0.15, 0.2) is 24.3 Å². The molecule has 0 aliphatic carbocycles. The number of urea groups is 1. The molecule has 3 amide bonds. The molecule has 2 aliphatic rings. The van der Waals surface area contributed by atoms with E-state index < -0.39 is 17.4 Å². The maximum atomic E-state index is 12.6. The molecule has 4 rings (SSSR count). The number of methoxy groups -OCH3 is 1. The van der Waals surface area contributed by atoms with Gasteiger partial charge in [0.1, 0.15) is 5.00 Å². The number of nitrogens with one attached hydrogen (secondary N) is 2. The zero-order chi connectivity index (χ0) is 23.9. The van der Waals surface area contributed by atoms with Crippen LogP contribution < -0.4 is 16.4 Å². The van der Waals surface area contributed by atoms with Gasteiger partial charge < -0.3 is 15.8 Å². The smallest absolute Gasteiger partial charge is 0.324 e. The van der Waals surface area contributed by atoms with Crippen molar-refractivity contribution in [1.82, 2.24) is 4.90 Å². The van der Waals surface area contributed by atoms with Gasteiger partial charge in [-0.2, -0.15) is 0 Å². The lowest BCUT2D eigenvalue weighted by molar-refractivity contribution is -0.152. The SMILES string of the molecule is COC(=O)C(C)(C)CN1C2CCC1c1c(sc(NC(=O)Nc3ccc(Cl)cc3)c1C(N)=O)C2. The molecule has 3 heterocycles. The Morgan fingerprint density at radius 2 is 1.91 bits per heavy atom. The first kappa shape index (κ1) is 23.5. The van der Waals surface area contributed by atoms with Gasteiger partial charge in [0.25, 0.3) is 5.91 Å². The fraction of sp³-hybridized carbons (Fsp3) is 0.435. The number of hydrogen-bond acceptors (Lipinski definition) is 6. The zero-order valence-corrected chi connectivity index (χ0v) is 20.3. The van der Waals surface area contributed by atoms with Gasteiger partial charge in [0.15, 0.2) is 0 Å². The lowest BCUT2D eigenvalue weighted by Crippen LogP contribution is -2.45. The van der Waals surface area contributed by atoms with Crippen LogP contribution in [0.4, 0.5) is 15.5 Å². The third-order valence-corrected chi connectivity index (χ3v) is 7.71. The van der Waals surface area contributed by atoms with E-state index in [1.807, 2.05) is 13.8 Å². The van der Waals surface area contributed by atoms with Crippen LogP contribution in [0.25, 0.3) is 0 Å². The summed E-state index contributed by atoms with van der Waals surface area (Å²) in [4.78, 5) is 40.7. The minimum Gasteiger partial charge on any atom is -0.469 e. The minimum absolute atomic E-state index is 0.0312. The molecule has 0 saturated carbocycles. The number of fused-ring (bicyclic) bond motifs is 4. The number of anilines is 2. The molecular weight excluding hydrogens is 464 g/mol. The van der Waals surface area contributed by atoms with Gasteiger partial charge in [0.2, 0.25) is 0 Å². The van der Waals surface area contributed by atoms with Crippen molar-refractivity contribution in [1.29, 1.82) is 0 Å². The summed E-state index contributed by atoms with van der Waals surface area (Å²) in [7, 11) is 1.39. The third kappa shape index (κ3) is 4.58. The van der Waals surface area contributed by atoms with Crippen molar-refractivity contribution >= 4 is 51.5 Å². The van der Waals surface area contributed by atoms with Crippen LogP contribution in [-0.2, 0) is 16.0 Å². The fourth-order valence-electron chi connectivity index (χ4n) is 4.84. The number of amides is 3. The summed E-state index contributed by atoms with van der Waals surface area (Å²) < 4.78 is 4.98. The summed E-state index contributed by atoms with van der Waals surface area (Å²) in [6, 6.07) is 6.51. The predicted molar refractivity (Wildman–Crippen MR) is 129 cm³/mol. The highest BCUT2D eigenvalue weighted by molar-refractivity contribution is 7.17. The Hall–Kier alpha value is -2.62. The molecule has 1 aromatic heterocycles. The van der Waals surface area contributed by atoms with E-state index in [0.717, 1.165) is 29.7 Å². The molecule has 1 aromatic carbocycles. The fourth-order valence-corrected chi connectivity index (χ4v) is 6.30. The number of ether oxygens (including phenoxy) is 1. The summed E-state index contributed by atoms with van der Waals surface area (Å²) in [5.74, 6) is -0.846. The number of rotatable bonds is 6. The van der Waals surface area contributed by atoms with Crippen molar-refractivity contribution in [2.24, 2.45) is 11.1 Å². The van der Waals surface area contributed by atoms with Crippen LogP contribution in [0, 0.1) is 5.41 Å². The van der Waals surface area contributed by atoms with E-state index in [2.05, 4.69) is 15.5 Å². The summed E-state index contributed by atoms with van der Waals surface area (Å²) in [6.45, 7) is 4.25. The quantitative estimate of drug-likeness (QED) is 0.519. The molecule has 2 unspecified atom stereocenters. The zero-order valence-electron chi connectivity index (χ0n) is 18.7. The van der Waals surface area contributed by atoms with Crippen molar-refractivity contribution in [3.63, 3.8) is 0 Å². The number of hydrogen-bond donors (Lipinski definition) is 3. The average Bonchev–Trinajstić information content (AvgIpc) is 3.24. The number of thiophene rings is 1. The highest BCUT2D eigenvalue weighted by atomic mass is 35.5. The van der Waals surface area contributed by atoms with Crippen LogP contribution >= 0.6 is 22.9 Å². The summed E-state index contributed by atoms with van der Waals surface area (Å²) >= 11 is 7.29. The lowest BCUT2D eigenvalue weighted by atomic mass is 9.89. The van der Waals surface area contributed by atoms with Crippen LogP contribution in [0.3, 0.4) is 0 Å². The molecule has 2 aliphatic heterocycles. The first-order valence-electron chi connectivity index (χ1n) is 10.7. The summed E-state index contributed by atoms with van der Waals surface area (Å²) in [5, 5.41) is 6.56. The Bertz CT molecular complexity index is 1100. The van der Waals surface area contributed by atoms with Gasteiger partial charge in [-0.05, 0) is 62.9 Å². The van der Waals surface area contributed by atoms with Crippen molar-refractivity contribution in [3.05, 3.63) is 45.3 Å². The number of benzene rings is 1. The van der Waals surface area contributed by atoms with Crippen LogP contribution in [0.1, 0.15) is 53.5 Å². The van der Waals surface area contributed by atoms with Crippen molar-refractivity contribution in [2.75, 3.05) is 24.3 Å². The number of halogens is 1. The van der Waals surface area contributed by atoms with E-state index in [1.54, 1.807) is 24.3 Å². The normalized spacial score (nSPS) is 19.6. The molecule has 2 atom stereocenters. The van der Waals surface area contributed by atoms with Gasteiger partial charge in [0.05, 0.1) is 18.1 Å². The Morgan fingerprint density at radius 1 is 1.21 bits per heavy atom. The average molecular weight is 491 g/mol. The van der Waals surface area contributed by atoms with Crippen LogP contribution in [-0.4, -0.2) is 42.5 Å². The lowest BCUT2D eigenvalue weighted by Gasteiger charge is -2.39. The number of nitrogens with zero attached hydrogens (tertiary/aromatic N) is 1. The topological polar surface area (TPSA) is 114 Å². The minimum atomic E-state index is -0.685. The molecule has 1 saturated heterocycles. The molecule has 8 nitrogen and oxygen atoms in total. The molecule has 2 aromatic rings. The van der Waals surface area contributed by atoms with E-state index >= 15 is 0 Å². The molecule has 176 valence electrons. The third-order valence-electron chi connectivity index (χ3n) is 6.31. The maximum Gasteiger partial charge on any atom is 0.324 e. The van der Waals surface area contributed by atoms with E-state index in [-0.39, 0.29) is 18.1 Å². The van der Waals surface area contributed by atoms with Gasteiger partial charge in [0, 0.05) is 34.2 Å². The second kappa shape index (κ2) is 8.96. The number of nitrogens with two attached hydrogens (primary N) is 1. The number of primary amides is 1. The second-order valence-corrected chi connectivity index (χ2v) is 10.6. The van der Waals surface area contributed by atoms with Crippen molar-refractivity contribution < 1.29 is 19.1 Å². The molecule has 1 fully saturated rings. The Morgan fingerprint density at radius 3 is 2.55 bits per heavy atom. The van der Waals surface area contributed by atoms with Gasteiger partial charge in [-0.25, -0.2) is 4.79 Å². The molecule has 2 bridgehead atoms. The predicted octanol–water partition coefficient (Wildman–Crippen LogP) is 4.41. The van der Waals surface area contributed by atoms with E-state index in [1.165, 1.54) is 18.4 Å². The van der Waals surface area contributed by atoms with Crippen LogP contribution in [0.5, 0.6) is 0 Å². The van der Waals surface area contributed by atoms with Gasteiger partial charge >= 0.3 is 12.0 Å². The maximum absolute atomic E-state index is 12.6. The van der Waals surface area contributed by atoms with E-state index in [4.69, 9.17) is 22.1 Å². The monoisotopic (exact) mass is 490 g/mol. The molecule has 33 heavy (non-hydrogen) atoms. The van der Waals surface area contributed by atoms with E-state index in [0.29, 0.717) is 27.8 Å². The standard InChI is InChI=1S/C23H27ClN4O4S/c1-23(2,21(30)32-3)11-28-14-8-9-15(28)17-16(10-14)33-20(18(17)19(25)29)27-22(31)26-13-6-4-12(24)5-7-13/h4-7,14-15H,8-11H2,1-3H3,(H2,25,29)(H2,26,27,31). The second-order valence-electron chi connectivity index (χ2n) is 9.09. The number of carbonyl (C=O) groups excluding carboxylic acids is 3. The highest BCUT2D eigenvalue weighted by Gasteiger charge is 2.46. The summed E-state index contributed by atoms with van der Waals surface area (Å²) in [6.07, 6.45) is 2.58. The largest absolute Gasteiger partial charge is 0.469 e. The summed E-state index contributed by atoms with van der Waals surface area (Å²) in [5.41, 5.74) is 6.92. The Balaban J connectivity index is 1.59. The molecule has 0 radical (unpaired) electrons. The molecular formula is C23H27ClN4O4S. The van der Waals surface area contributed by atoms with Gasteiger partial charge in [-0.3, -0.25) is 19.8 Å². The van der Waals surface area contributed by atoms with Crippen molar-refractivity contribution in [2.45, 2.75) is 45.2 Å². The first-order valence-corrected chi connectivity index (χ1v) is 11.9. The number of carbonyl (C=O) groups is 3. The highest BCUT2D eigenvalue weighted by Crippen LogP contribution is 2.51. The Kier molecular flexibility index (Phi) is 6.39. The number of esters is 1. The molecule has 10 heteroatoms. The molecule has 4 N–H and O–H groups in total. The Labute approximate surface area is 201 Å². The van der Waals surface area contributed by atoms with E-state index in [9.17, 15) is 14.4 Å². The van der Waals surface area contributed by atoms with Crippen LogP contribution in [0.2, 0.25) is 5.02 Å². The van der Waals surface area contributed by atoms with Crippen molar-refractivity contribution in [3.8, 4) is 0 Å².